The van der Waals surface area contributed by atoms with E-state index >= 15 is 0 Å². The average Bonchev–Trinajstić information content (AvgIpc) is 2.16. The molecule has 2 N–H and O–H groups in total. The zero-order chi connectivity index (χ0) is 11.4. The van der Waals surface area contributed by atoms with E-state index < -0.39 is 6.10 Å². The number of nitrogens with one attached hydrogen (secondary N) is 1. The van der Waals surface area contributed by atoms with Crippen molar-refractivity contribution in [3.8, 4) is 5.75 Å². The minimum absolute atomic E-state index is 0.457. The highest BCUT2D eigenvalue weighted by Crippen LogP contribution is 2.26. The van der Waals surface area contributed by atoms with Crippen molar-refractivity contribution in [3.63, 3.8) is 0 Å². The number of aryl methyl sites for hydroxylation is 2. The van der Waals surface area contributed by atoms with Gasteiger partial charge in [-0.2, -0.15) is 0 Å². The first-order valence-electron chi connectivity index (χ1n) is 5.08. The maximum Gasteiger partial charge on any atom is 0.119 e. The minimum atomic E-state index is -0.457. The third-order valence-electron chi connectivity index (χ3n) is 2.53. The van der Waals surface area contributed by atoms with Gasteiger partial charge in [0.1, 0.15) is 5.75 Å². The number of likely N-dealkylation sites (N-methyl/N-ethyl adjacent to an activating group) is 1. The molecule has 0 aromatic heterocycles. The molecule has 0 aliphatic carbocycles. The van der Waals surface area contributed by atoms with Crippen molar-refractivity contribution in [2.24, 2.45) is 0 Å². The van der Waals surface area contributed by atoms with Crippen LogP contribution in [0.4, 0.5) is 0 Å². The molecule has 15 heavy (non-hydrogen) atoms. The lowest BCUT2D eigenvalue weighted by molar-refractivity contribution is 0.176. The number of methoxy groups -OCH3 is 1. The summed E-state index contributed by atoms with van der Waals surface area (Å²) in [6.45, 7) is 4.54. The lowest BCUT2D eigenvalue weighted by Crippen LogP contribution is -2.18. The highest BCUT2D eigenvalue weighted by molar-refractivity contribution is 5.42. The summed E-state index contributed by atoms with van der Waals surface area (Å²) in [5.41, 5.74) is 3.12. The van der Waals surface area contributed by atoms with Gasteiger partial charge in [0.25, 0.3) is 0 Å². The SMILES string of the molecule is CNCC(O)c1c(C)cc(OC)cc1C. The van der Waals surface area contributed by atoms with Gasteiger partial charge in [-0.1, -0.05) is 0 Å². The van der Waals surface area contributed by atoms with E-state index in [1.165, 1.54) is 0 Å². The van der Waals surface area contributed by atoms with E-state index in [0.29, 0.717) is 6.54 Å². The molecule has 0 aliphatic rings. The number of rotatable bonds is 4. The van der Waals surface area contributed by atoms with Crippen LogP contribution in [-0.4, -0.2) is 25.8 Å². The average molecular weight is 209 g/mol. The van der Waals surface area contributed by atoms with Gasteiger partial charge in [-0.15, -0.1) is 0 Å². The van der Waals surface area contributed by atoms with E-state index in [-0.39, 0.29) is 0 Å². The maximum atomic E-state index is 9.94. The van der Waals surface area contributed by atoms with Gasteiger partial charge in [-0.05, 0) is 49.7 Å². The van der Waals surface area contributed by atoms with Crippen molar-refractivity contribution in [1.82, 2.24) is 5.32 Å². The molecule has 0 bridgehead atoms. The summed E-state index contributed by atoms with van der Waals surface area (Å²) < 4.78 is 5.17. The maximum absolute atomic E-state index is 9.94. The van der Waals surface area contributed by atoms with Crippen molar-refractivity contribution in [2.45, 2.75) is 20.0 Å². The van der Waals surface area contributed by atoms with Gasteiger partial charge >= 0.3 is 0 Å². The Bertz CT molecular complexity index is 313. The Labute approximate surface area is 91.1 Å². The molecule has 1 aromatic rings. The Morgan fingerprint density at radius 3 is 2.27 bits per heavy atom. The normalized spacial score (nSPS) is 12.6. The van der Waals surface area contributed by atoms with E-state index in [1.54, 1.807) is 7.11 Å². The monoisotopic (exact) mass is 209 g/mol. The highest BCUT2D eigenvalue weighted by Gasteiger charge is 2.13. The number of aliphatic hydroxyl groups is 1. The first-order valence-corrected chi connectivity index (χ1v) is 5.08. The van der Waals surface area contributed by atoms with Crippen LogP contribution in [0.3, 0.4) is 0 Å². The molecule has 1 aromatic carbocycles. The summed E-state index contributed by atoms with van der Waals surface area (Å²) in [7, 11) is 3.48. The molecule has 0 aliphatic heterocycles. The summed E-state index contributed by atoms with van der Waals surface area (Å²) in [5, 5.41) is 12.9. The molecule has 3 nitrogen and oxygen atoms in total. The molecule has 1 unspecified atom stereocenters. The Morgan fingerprint density at radius 2 is 1.87 bits per heavy atom. The zero-order valence-electron chi connectivity index (χ0n) is 9.79. The van der Waals surface area contributed by atoms with Crippen LogP contribution in [0.2, 0.25) is 0 Å². The van der Waals surface area contributed by atoms with Gasteiger partial charge in [-0.3, -0.25) is 0 Å². The van der Waals surface area contributed by atoms with E-state index in [0.717, 1.165) is 22.4 Å². The van der Waals surface area contributed by atoms with Crippen molar-refractivity contribution in [3.05, 3.63) is 28.8 Å². The van der Waals surface area contributed by atoms with Gasteiger partial charge in [0.2, 0.25) is 0 Å². The Kier molecular flexibility index (Phi) is 4.12. The third-order valence-corrected chi connectivity index (χ3v) is 2.53. The smallest absolute Gasteiger partial charge is 0.119 e. The lowest BCUT2D eigenvalue weighted by Gasteiger charge is -2.17. The fourth-order valence-electron chi connectivity index (χ4n) is 1.87. The topological polar surface area (TPSA) is 41.5 Å². The fourth-order valence-corrected chi connectivity index (χ4v) is 1.87. The lowest BCUT2D eigenvalue weighted by atomic mass is 9.97. The molecule has 0 spiro atoms. The van der Waals surface area contributed by atoms with Gasteiger partial charge < -0.3 is 15.2 Å². The Morgan fingerprint density at radius 1 is 1.33 bits per heavy atom. The van der Waals surface area contributed by atoms with E-state index in [4.69, 9.17) is 4.74 Å². The van der Waals surface area contributed by atoms with Crippen LogP contribution in [0, 0.1) is 13.8 Å². The molecule has 1 rings (SSSR count). The number of aliphatic hydroxyl groups excluding tert-OH is 1. The summed E-state index contributed by atoms with van der Waals surface area (Å²) in [5.74, 6) is 0.838. The number of hydrogen-bond acceptors (Lipinski definition) is 3. The van der Waals surface area contributed by atoms with E-state index in [1.807, 2.05) is 33.0 Å². The number of ether oxygens (including phenoxy) is 1. The molecule has 0 radical (unpaired) electrons. The van der Waals surface area contributed by atoms with E-state index in [9.17, 15) is 5.11 Å². The Balaban J connectivity index is 3.07. The van der Waals surface area contributed by atoms with Crippen LogP contribution >= 0.6 is 0 Å². The zero-order valence-corrected chi connectivity index (χ0v) is 9.79. The van der Waals surface area contributed by atoms with Crippen molar-refractivity contribution >= 4 is 0 Å². The summed E-state index contributed by atoms with van der Waals surface area (Å²) in [4.78, 5) is 0. The van der Waals surface area contributed by atoms with Crippen molar-refractivity contribution < 1.29 is 9.84 Å². The van der Waals surface area contributed by atoms with Crippen LogP contribution in [0.25, 0.3) is 0 Å². The summed E-state index contributed by atoms with van der Waals surface area (Å²) >= 11 is 0. The number of benzene rings is 1. The summed E-state index contributed by atoms with van der Waals surface area (Å²) in [6.07, 6.45) is -0.457. The van der Waals surface area contributed by atoms with Gasteiger partial charge in [-0.25, -0.2) is 0 Å². The van der Waals surface area contributed by atoms with Crippen LogP contribution < -0.4 is 10.1 Å². The molecule has 1 atom stereocenters. The van der Waals surface area contributed by atoms with Crippen LogP contribution in [-0.2, 0) is 0 Å². The number of hydrogen-bond donors (Lipinski definition) is 2. The van der Waals surface area contributed by atoms with Gasteiger partial charge in [0.15, 0.2) is 0 Å². The molecule has 3 heteroatoms. The second-order valence-electron chi connectivity index (χ2n) is 3.75. The van der Waals surface area contributed by atoms with Crippen LogP contribution in [0.5, 0.6) is 5.75 Å². The first kappa shape index (κ1) is 12.0. The standard InChI is InChI=1S/C12H19NO2/c1-8-5-10(15-4)6-9(2)12(8)11(14)7-13-3/h5-6,11,13-14H,7H2,1-4H3. The highest BCUT2D eigenvalue weighted by atomic mass is 16.5. The van der Waals surface area contributed by atoms with Crippen molar-refractivity contribution in [1.29, 1.82) is 0 Å². The minimum Gasteiger partial charge on any atom is -0.497 e. The Hall–Kier alpha value is -1.06. The van der Waals surface area contributed by atoms with Crippen LogP contribution in [0.1, 0.15) is 22.8 Å². The second kappa shape index (κ2) is 5.14. The van der Waals surface area contributed by atoms with Gasteiger partial charge in [0, 0.05) is 6.54 Å². The van der Waals surface area contributed by atoms with Crippen molar-refractivity contribution in [2.75, 3.05) is 20.7 Å². The second-order valence-corrected chi connectivity index (χ2v) is 3.75. The quantitative estimate of drug-likeness (QED) is 0.790. The van der Waals surface area contributed by atoms with Crippen LogP contribution in [0.15, 0.2) is 12.1 Å². The molecule has 0 amide bonds. The molecule has 0 heterocycles. The largest absolute Gasteiger partial charge is 0.497 e. The van der Waals surface area contributed by atoms with Gasteiger partial charge in [0.05, 0.1) is 13.2 Å². The molecule has 0 saturated heterocycles. The molecular weight excluding hydrogens is 190 g/mol. The third kappa shape index (κ3) is 2.70. The molecule has 0 saturated carbocycles. The molecular formula is C12H19NO2. The fraction of sp³-hybridized carbons (Fsp3) is 0.500. The molecule has 84 valence electrons. The predicted molar refractivity (Wildman–Crippen MR) is 61.4 cm³/mol. The predicted octanol–water partition coefficient (Wildman–Crippen LogP) is 1.56. The summed E-state index contributed by atoms with van der Waals surface area (Å²) in [6, 6.07) is 3.89. The first-order chi connectivity index (χ1) is 7.10. The molecule has 0 fully saturated rings. The van der Waals surface area contributed by atoms with E-state index in [2.05, 4.69) is 5.32 Å².